The summed E-state index contributed by atoms with van der Waals surface area (Å²) < 4.78 is 0. The van der Waals surface area contributed by atoms with Crippen molar-refractivity contribution in [2.24, 2.45) is 11.5 Å². The van der Waals surface area contributed by atoms with Gasteiger partial charge in [0, 0.05) is 5.54 Å². The molecule has 0 aromatic carbocycles. The minimum atomic E-state index is 0.113. The first-order valence-electron chi connectivity index (χ1n) is 8.17. The lowest BCUT2D eigenvalue weighted by molar-refractivity contribution is 0.350. The van der Waals surface area contributed by atoms with E-state index in [1.165, 1.54) is 64.2 Å². The van der Waals surface area contributed by atoms with Gasteiger partial charge in [-0.05, 0) is 32.2 Å². The van der Waals surface area contributed by atoms with Crippen LogP contribution in [0.2, 0.25) is 0 Å². The fourth-order valence-corrected chi connectivity index (χ4v) is 2.46. The highest BCUT2D eigenvalue weighted by Gasteiger charge is 2.18. The molecule has 0 aliphatic rings. The van der Waals surface area contributed by atoms with Crippen molar-refractivity contribution in [1.29, 1.82) is 0 Å². The van der Waals surface area contributed by atoms with Crippen molar-refractivity contribution in [3.8, 4) is 0 Å². The van der Waals surface area contributed by atoms with E-state index in [0.29, 0.717) is 0 Å². The minimum absolute atomic E-state index is 0.113. The maximum absolute atomic E-state index is 6.30. The summed E-state index contributed by atoms with van der Waals surface area (Å²) in [7, 11) is 0. The molecule has 0 unspecified atom stereocenters. The number of rotatable bonds is 13. The van der Waals surface area contributed by atoms with Crippen LogP contribution < -0.4 is 11.5 Å². The lowest BCUT2D eigenvalue weighted by atomic mass is 9.88. The van der Waals surface area contributed by atoms with Crippen LogP contribution >= 0.6 is 0 Å². The third-order valence-electron chi connectivity index (χ3n) is 4.29. The van der Waals surface area contributed by atoms with Crippen molar-refractivity contribution in [3.63, 3.8) is 0 Å². The molecule has 0 aliphatic heterocycles. The van der Waals surface area contributed by atoms with Crippen molar-refractivity contribution in [3.05, 3.63) is 0 Å². The SMILES string of the molecule is CCC(N)(CC)CCCCCCCCCCCN. The Bertz CT molecular complexity index is 164. The van der Waals surface area contributed by atoms with E-state index in [9.17, 15) is 0 Å². The third kappa shape index (κ3) is 9.90. The van der Waals surface area contributed by atoms with E-state index in [4.69, 9.17) is 11.5 Å². The summed E-state index contributed by atoms with van der Waals surface area (Å²) >= 11 is 0. The van der Waals surface area contributed by atoms with Gasteiger partial charge in [-0.1, -0.05) is 65.2 Å². The van der Waals surface area contributed by atoms with Gasteiger partial charge in [0.05, 0.1) is 0 Å². The van der Waals surface area contributed by atoms with Crippen LogP contribution in [0.5, 0.6) is 0 Å². The van der Waals surface area contributed by atoms with Gasteiger partial charge in [-0.25, -0.2) is 0 Å². The van der Waals surface area contributed by atoms with Gasteiger partial charge >= 0.3 is 0 Å². The van der Waals surface area contributed by atoms with Gasteiger partial charge in [-0.3, -0.25) is 0 Å². The molecule has 4 N–H and O–H groups in total. The first-order valence-corrected chi connectivity index (χ1v) is 8.17. The molecule has 0 aliphatic carbocycles. The largest absolute Gasteiger partial charge is 0.330 e. The van der Waals surface area contributed by atoms with Crippen LogP contribution in [0.3, 0.4) is 0 Å². The molecule has 2 heteroatoms. The summed E-state index contributed by atoms with van der Waals surface area (Å²) in [5, 5.41) is 0. The smallest absolute Gasteiger partial charge is 0.0149 e. The van der Waals surface area contributed by atoms with E-state index in [-0.39, 0.29) is 5.54 Å². The zero-order valence-electron chi connectivity index (χ0n) is 12.8. The molecule has 0 amide bonds. The Balaban J connectivity index is 3.21. The lowest BCUT2D eigenvalue weighted by Crippen LogP contribution is -2.38. The predicted molar refractivity (Wildman–Crippen MR) is 82.7 cm³/mol. The zero-order chi connectivity index (χ0) is 13.7. The van der Waals surface area contributed by atoms with E-state index in [1.54, 1.807) is 0 Å². The molecule has 0 aromatic rings. The maximum Gasteiger partial charge on any atom is 0.0149 e. The standard InChI is InChI=1S/C16H36N2/c1-3-16(18,4-2)14-12-10-8-6-5-7-9-11-13-15-17/h3-15,17-18H2,1-2H3. The van der Waals surface area contributed by atoms with Gasteiger partial charge in [0.25, 0.3) is 0 Å². The van der Waals surface area contributed by atoms with Crippen LogP contribution in [0.1, 0.15) is 90.9 Å². The van der Waals surface area contributed by atoms with Crippen LogP contribution in [-0.2, 0) is 0 Å². The Hall–Kier alpha value is -0.0800. The third-order valence-corrected chi connectivity index (χ3v) is 4.29. The lowest BCUT2D eigenvalue weighted by Gasteiger charge is -2.26. The van der Waals surface area contributed by atoms with Crippen LogP contribution in [0.25, 0.3) is 0 Å². The van der Waals surface area contributed by atoms with E-state index >= 15 is 0 Å². The first-order chi connectivity index (χ1) is 8.68. The van der Waals surface area contributed by atoms with Crippen LogP contribution in [0.4, 0.5) is 0 Å². The van der Waals surface area contributed by atoms with Gasteiger partial charge in [0.2, 0.25) is 0 Å². The maximum atomic E-state index is 6.30. The number of unbranched alkanes of at least 4 members (excludes halogenated alkanes) is 8. The van der Waals surface area contributed by atoms with Crippen molar-refractivity contribution < 1.29 is 0 Å². The molecule has 0 radical (unpaired) electrons. The fraction of sp³-hybridized carbons (Fsp3) is 1.00. The summed E-state index contributed by atoms with van der Waals surface area (Å²) in [5.41, 5.74) is 11.9. The van der Waals surface area contributed by atoms with Crippen molar-refractivity contribution >= 4 is 0 Å². The average molecular weight is 256 g/mol. The zero-order valence-corrected chi connectivity index (χ0v) is 12.8. The Kier molecular flexibility index (Phi) is 11.9. The van der Waals surface area contributed by atoms with E-state index in [0.717, 1.165) is 19.4 Å². The predicted octanol–water partition coefficient (Wildman–Crippen LogP) is 4.36. The quantitative estimate of drug-likeness (QED) is 0.481. The highest BCUT2D eigenvalue weighted by atomic mass is 14.7. The van der Waals surface area contributed by atoms with Crippen molar-refractivity contribution in [2.75, 3.05) is 6.54 Å². The fourth-order valence-electron chi connectivity index (χ4n) is 2.46. The Morgan fingerprint density at radius 1 is 0.667 bits per heavy atom. The van der Waals surface area contributed by atoms with Crippen LogP contribution in [0.15, 0.2) is 0 Å². The number of hydrogen-bond donors (Lipinski definition) is 2. The molecule has 0 spiro atoms. The van der Waals surface area contributed by atoms with Crippen LogP contribution in [-0.4, -0.2) is 12.1 Å². The molecule has 0 atom stereocenters. The number of nitrogens with two attached hydrogens (primary N) is 2. The molecule has 0 heterocycles. The van der Waals surface area contributed by atoms with E-state index in [1.807, 2.05) is 0 Å². The van der Waals surface area contributed by atoms with Gasteiger partial charge in [0.1, 0.15) is 0 Å². The molecular weight excluding hydrogens is 220 g/mol. The summed E-state index contributed by atoms with van der Waals surface area (Å²) in [6, 6.07) is 0. The summed E-state index contributed by atoms with van der Waals surface area (Å²) in [6.45, 7) is 5.28. The number of hydrogen-bond acceptors (Lipinski definition) is 2. The molecule has 110 valence electrons. The van der Waals surface area contributed by atoms with Gasteiger partial charge in [-0.2, -0.15) is 0 Å². The molecule has 18 heavy (non-hydrogen) atoms. The normalized spacial score (nSPS) is 12.0. The monoisotopic (exact) mass is 256 g/mol. The molecule has 0 saturated carbocycles. The molecule has 2 nitrogen and oxygen atoms in total. The average Bonchev–Trinajstić information content (AvgIpc) is 2.40. The summed E-state index contributed by atoms with van der Waals surface area (Å²) in [6.07, 6.45) is 15.6. The van der Waals surface area contributed by atoms with Crippen molar-refractivity contribution in [2.45, 2.75) is 96.4 Å². The second kappa shape index (κ2) is 12.0. The van der Waals surface area contributed by atoms with Gasteiger partial charge < -0.3 is 11.5 Å². The summed E-state index contributed by atoms with van der Waals surface area (Å²) in [5.74, 6) is 0. The molecule has 0 saturated heterocycles. The van der Waals surface area contributed by atoms with Gasteiger partial charge in [-0.15, -0.1) is 0 Å². The van der Waals surface area contributed by atoms with E-state index < -0.39 is 0 Å². The molecule has 0 fully saturated rings. The molecule has 0 aromatic heterocycles. The van der Waals surface area contributed by atoms with Crippen molar-refractivity contribution in [1.82, 2.24) is 0 Å². The Morgan fingerprint density at radius 2 is 1.06 bits per heavy atom. The molecule has 0 rings (SSSR count). The Labute approximate surface area is 115 Å². The van der Waals surface area contributed by atoms with Gasteiger partial charge in [0.15, 0.2) is 0 Å². The second-order valence-corrected chi connectivity index (χ2v) is 5.79. The first kappa shape index (κ1) is 17.9. The topological polar surface area (TPSA) is 52.0 Å². The van der Waals surface area contributed by atoms with Crippen LogP contribution in [0, 0.1) is 0 Å². The second-order valence-electron chi connectivity index (χ2n) is 5.79. The highest BCUT2D eigenvalue weighted by molar-refractivity contribution is 4.80. The Morgan fingerprint density at radius 3 is 1.44 bits per heavy atom. The van der Waals surface area contributed by atoms with E-state index in [2.05, 4.69) is 13.8 Å². The minimum Gasteiger partial charge on any atom is -0.330 e. The molecular formula is C16H36N2. The molecule has 0 bridgehead atoms. The summed E-state index contributed by atoms with van der Waals surface area (Å²) in [4.78, 5) is 0. The highest BCUT2D eigenvalue weighted by Crippen LogP contribution is 2.20.